The van der Waals surface area contributed by atoms with E-state index in [2.05, 4.69) is 10.6 Å². The van der Waals surface area contributed by atoms with Gasteiger partial charge in [-0.15, -0.1) is 0 Å². The molecule has 9 nitrogen and oxygen atoms in total. The van der Waals surface area contributed by atoms with Crippen molar-refractivity contribution >= 4 is 27.8 Å². The third-order valence-electron chi connectivity index (χ3n) is 5.11. The zero-order valence-corrected chi connectivity index (χ0v) is 20.9. The lowest BCUT2D eigenvalue weighted by Crippen LogP contribution is -2.52. The molecule has 0 aliphatic heterocycles. The van der Waals surface area contributed by atoms with Crippen LogP contribution in [0.2, 0.25) is 0 Å². The second-order valence-electron chi connectivity index (χ2n) is 8.39. The average Bonchev–Trinajstić information content (AvgIpc) is 2.85. The molecule has 0 spiro atoms. The number of rotatable bonds is 12. The maximum absolute atomic E-state index is 13.0. The van der Waals surface area contributed by atoms with Crippen LogP contribution in [0.5, 0.6) is 0 Å². The molecule has 2 rings (SSSR count). The molecule has 2 aromatic carbocycles. The summed E-state index contributed by atoms with van der Waals surface area (Å²) in [6.45, 7) is 3.79. The average molecular weight is 505 g/mol. The third-order valence-corrected chi connectivity index (χ3v) is 6.87. The minimum Gasteiger partial charge on any atom is -0.467 e. The Labute approximate surface area is 206 Å². The number of amides is 2. The number of sulfone groups is 1. The molecule has 2 atom stereocenters. The van der Waals surface area contributed by atoms with E-state index >= 15 is 0 Å². The number of alkyl carbamates (subject to hydrolysis) is 1. The minimum absolute atomic E-state index is 0.0326. The summed E-state index contributed by atoms with van der Waals surface area (Å²) in [6.07, 6.45) is -0.693. The van der Waals surface area contributed by atoms with Crippen molar-refractivity contribution in [3.63, 3.8) is 0 Å². The first kappa shape index (κ1) is 27.8. The second kappa shape index (κ2) is 13.5. The van der Waals surface area contributed by atoms with Gasteiger partial charge in [-0.2, -0.15) is 0 Å². The van der Waals surface area contributed by atoms with Crippen LogP contribution in [0.1, 0.15) is 32.3 Å². The molecule has 2 amide bonds. The van der Waals surface area contributed by atoms with Crippen LogP contribution in [0, 0.1) is 5.92 Å². The van der Waals surface area contributed by atoms with Crippen molar-refractivity contribution < 1.29 is 32.3 Å². The molecular weight excluding hydrogens is 472 g/mol. The highest BCUT2D eigenvalue weighted by Gasteiger charge is 2.29. The summed E-state index contributed by atoms with van der Waals surface area (Å²) in [6, 6.07) is 14.7. The summed E-state index contributed by atoms with van der Waals surface area (Å²) >= 11 is 0. The van der Waals surface area contributed by atoms with E-state index < -0.39 is 39.9 Å². The van der Waals surface area contributed by atoms with E-state index in [-0.39, 0.29) is 36.0 Å². The van der Waals surface area contributed by atoms with Gasteiger partial charge < -0.3 is 20.1 Å². The van der Waals surface area contributed by atoms with Gasteiger partial charge in [0.15, 0.2) is 9.84 Å². The Bertz CT molecular complexity index is 1070. The molecular formula is C25H32N2O7S. The number of carbonyl (C=O) groups excluding carboxylic acids is 3. The fourth-order valence-corrected chi connectivity index (χ4v) is 4.65. The van der Waals surface area contributed by atoms with E-state index in [0.717, 1.165) is 12.7 Å². The number of nitrogens with one attached hydrogen (secondary N) is 2. The summed E-state index contributed by atoms with van der Waals surface area (Å²) in [5.74, 6) is -1.76. The van der Waals surface area contributed by atoms with Crippen LogP contribution in [0.25, 0.3) is 0 Å². The number of benzene rings is 2. The van der Waals surface area contributed by atoms with Crippen molar-refractivity contribution in [1.29, 1.82) is 0 Å². The standard InChI is InChI=1S/C25H32N2O7S/c1-18(2)16-22(27-25(30)34-17-19-10-6-4-7-11-19)23(28)26-21(24(29)33-3)14-15-35(31,32)20-12-8-5-9-13-20/h4-13,18,21-22H,14-17H2,1-3H3,(H,26,28)(H,27,30)/t21-,22-/m0/s1. The van der Waals surface area contributed by atoms with Crippen molar-refractivity contribution in [2.24, 2.45) is 5.92 Å². The van der Waals surface area contributed by atoms with Gasteiger partial charge in [0.1, 0.15) is 18.7 Å². The molecule has 0 aromatic heterocycles. The van der Waals surface area contributed by atoms with Crippen LogP contribution in [0.3, 0.4) is 0 Å². The molecule has 2 N–H and O–H groups in total. The zero-order chi connectivity index (χ0) is 25.8. The van der Waals surface area contributed by atoms with Crippen LogP contribution in [0.4, 0.5) is 4.79 Å². The largest absolute Gasteiger partial charge is 0.467 e. The Morgan fingerprint density at radius 2 is 1.49 bits per heavy atom. The van der Waals surface area contributed by atoms with Crippen LogP contribution in [-0.4, -0.2) is 51.3 Å². The molecule has 0 bridgehead atoms. The van der Waals surface area contributed by atoms with Crippen LogP contribution in [-0.2, 0) is 35.5 Å². The SMILES string of the molecule is COC(=O)[C@H](CCS(=O)(=O)c1ccccc1)NC(=O)[C@H](CC(C)C)NC(=O)OCc1ccccc1. The molecule has 0 heterocycles. The molecule has 2 aromatic rings. The lowest BCUT2D eigenvalue weighted by atomic mass is 10.0. The van der Waals surface area contributed by atoms with Gasteiger partial charge >= 0.3 is 12.1 Å². The smallest absolute Gasteiger partial charge is 0.408 e. The fraction of sp³-hybridized carbons (Fsp3) is 0.400. The number of methoxy groups -OCH3 is 1. The fourth-order valence-electron chi connectivity index (χ4n) is 3.29. The molecule has 190 valence electrons. The third kappa shape index (κ3) is 9.40. The van der Waals surface area contributed by atoms with Crippen molar-refractivity contribution in [2.45, 2.75) is 50.3 Å². The van der Waals surface area contributed by atoms with Gasteiger partial charge in [-0.05, 0) is 36.5 Å². The van der Waals surface area contributed by atoms with Crippen molar-refractivity contribution in [3.05, 3.63) is 66.2 Å². The van der Waals surface area contributed by atoms with Crippen LogP contribution in [0.15, 0.2) is 65.6 Å². The highest BCUT2D eigenvalue weighted by Crippen LogP contribution is 2.13. The van der Waals surface area contributed by atoms with Gasteiger partial charge in [0.2, 0.25) is 5.91 Å². The molecule has 0 aliphatic carbocycles. The van der Waals surface area contributed by atoms with E-state index in [1.54, 1.807) is 30.3 Å². The predicted molar refractivity (Wildman–Crippen MR) is 130 cm³/mol. The second-order valence-corrected chi connectivity index (χ2v) is 10.5. The topological polar surface area (TPSA) is 128 Å². The van der Waals surface area contributed by atoms with Gasteiger partial charge in [0.05, 0.1) is 17.8 Å². The van der Waals surface area contributed by atoms with Crippen LogP contribution < -0.4 is 10.6 Å². The lowest BCUT2D eigenvalue weighted by Gasteiger charge is -2.23. The monoisotopic (exact) mass is 504 g/mol. The van der Waals surface area contributed by atoms with Gasteiger partial charge in [-0.1, -0.05) is 62.4 Å². The molecule has 35 heavy (non-hydrogen) atoms. The van der Waals surface area contributed by atoms with Crippen molar-refractivity contribution in [3.8, 4) is 0 Å². The summed E-state index contributed by atoms with van der Waals surface area (Å²) in [5.41, 5.74) is 0.790. The van der Waals surface area contributed by atoms with Gasteiger partial charge in [0, 0.05) is 0 Å². The number of hydrogen-bond donors (Lipinski definition) is 2. The van der Waals surface area contributed by atoms with Gasteiger partial charge in [-0.3, -0.25) is 4.79 Å². The van der Waals surface area contributed by atoms with E-state index in [0.29, 0.717) is 0 Å². The first-order valence-corrected chi connectivity index (χ1v) is 12.9. The molecule has 0 aliphatic rings. The molecule has 0 saturated carbocycles. The number of carbonyl (C=O) groups is 3. The minimum atomic E-state index is -3.67. The molecule has 10 heteroatoms. The highest BCUT2D eigenvalue weighted by atomic mass is 32.2. The van der Waals surface area contributed by atoms with E-state index in [1.165, 1.54) is 12.1 Å². The summed E-state index contributed by atoms with van der Waals surface area (Å²) in [7, 11) is -2.52. The number of ether oxygens (including phenoxy) is 2. The van der Waals surface area contributed by atoms with Crippen LogP contribution >= 0.6 is 0 Å². The maximum atomic E-state index is 13.0. The summed E-state index contributed by atoms with van der Waals surface area (Å²) < 4.78 is 35.2. The maximum Gasteiger partial charge on any atom is 0.408 e. The normalized spacial score (nSPS) is 12.9. The van der Waals surface area contributed by atoms with Crippen molar-refractivity contribution in [1.82, 2.24) is 10.6 Å². The van der Waals surface area contributed by atoms with E-state index in [1.807, 2.05) is 32.0 Å². The Balaban J connectivity index is 2.04. The molecule has 0 unspecified atom stereocenters. The summed E-state index contributed by atoms with van der Waals surface area (Å²) in [4.78, 5) is 37.7. The van der Waals surface area contributed by atoms with Gasteiger partial charge in [-0.25, -0.2) is 18.0 Å². The quantitative estimate of drug-likeness (QED) is 0.425. The number of esters is 1. The van der Waals surface area contributed by atoms with Gasteiger partial charge in [0.25, 0.3) is 0 Å². The number of hydrogen-bond acceptors (Lipinski definition) is 7. The Morgan fingerprint density at radius 1 is 0.886 bits per heavy atom. The lowest BCUT2D eigenvalue weighted by molar-refractivity contribution is -0.145. The molecule has 0 radical (unpaired) electrons. The Morgan fingerprint density at radius 3 is 2.06 bits per heavy atom. The highest BCUT2D eigenvalue weighted by molar-refractivity contribution is 7.91. The Hall–Kier alpha value is -3.40. The van der Waals surface area contributed by atoms with E-state index in [4.69, 9.17) is 9.47 Å². The zero-order valence-electron chi connectivity index (χ0n) is 20.1. The predicted octanol–water partition coefficient (Wildman–Crippen LogP) is 2.85. The summed E-state index contributed by atoms with van der Waals surface area (Å²) in [5, 5.41) is 5.06. The van der Waals surface area contributed by atoms with E-state index in [9.17, 15) is 22.8 Å². The Kier molecular flexibility index (Phi) is 10.7. The molecule has 0 saturated heterocycles. The first-order valence-electron chi connectivity index (χ1n) is 11.3. The first-order chi connectivity index (χ1) is 16.6. The van der Waals surface area contributed by atoms with Crippen molar-refractivity contribution in [2.75, 3.05) is 12.9 Å². The molecule has 0 fully saturated rings.